The Bertz CT molecular complexity index is 376. The van der Waals surface area contributed by atoms with E-state index in [9.17, 15) is 9.36 Å². The first-order valence-corrected chi connectivity index (χ1v) is 9.61. The molecule has 0 heterocycles. The summed E-state index contributed by atoms with van der Waals surface area (Å²) in [7, 11) is 1.32. The molecule has 0 fully saturated rings. The smallest absolute Gasteiger partial charge is 0.330 e. The molecule has 22 heavy (non-hydrogen) atoms. The van der Waals surface area contributed by atoms with E-state index in [-0.39, 0.29) is 5.91 Å². The van der Waals surface area contributed by atoms with E-state index in [0.717, 1.165) is 30.4 Å². The fraction of sp³-hybridized carbons (Fsp3) is 0.800. The van der Waals surface area contributed by atoms with Gasteiger partial charge in [-0.05, 0) is 19.9 Å². The number of hydrogen-bond donors (Lipinski definition) is 1. The van der Waals surface area contributed by atoms with Crippen molar-refractivity contribution in [1.82, 2.24) is 5.32 Å². The predicted octanol–water partition coefficient (Wildman–Crippen LogP) is 2.41. The summed E-state index contributed by atoms with van der Waals surface area (Å²) in [6, 6.07) is 0. The van der Waals surface area contributed by atoms with Gasteiger partial charge in [-0.15, -0.1) is 0 Å². The first-order chi connectivity index (χ1) is 10.3. The Morgan fingerprint density at radius 1 is 1.18 bits per heavy atom. The van der Waals surface area contributed by atoms with E-state index in [0.29, 0.717) is 25.9 Å². The highest BCUT2D eigenvalue weighted by molar-refractivity contribution is 7.53. The van der Waals surface area contributed by atoms with Crippen LogP contribution >= 0.6 is 7.60 Å². The third-order valence-corrected chi connectivity index (χ3v) is 5.44. The highest BCUT2D eigenvalue weighted by Gasteiger charge is 2.25. The second kappa shape index (κ2) is 10.9. The maximum atomic E-state index is 12.4. The summed E-state index contributed by atoms with van der Waals surface area (Å²) in [6.07, 6.45) is 3.40. The lowest BCUT2D eigenvalue weighted by Crippen LogP contribution is -2.42. The van der Waals surface area contributed by atoms with Crippen LogP contribution in [0.1, 0.15) is 26.7 Å². The monoisotopic (exact) mass is 335 g/mol. The predicted molar refractivity (Wildman–Crippen MR) is 90.0 cm³/mol. The number of rotatable bonds is 13. The Labute approximate surface area is 135 Å². The van der Waals surface area contributed by atoms with Crippen molar-refractivity contribution >= 4 is 13.5 Å². The van der Waals surface area contributed by atoms with Crippen molar-refractivity contribution in [1.29, 1.82) is 0 Å². The van der Waals surface area contributed by atoms with Gasteiger partial charge in [-0.2, -0.15) is 0 Å². The van der Waals surface area contributed by atoms with Crippen LogP contribution in [0.2, 0.25) is 0 Å². The van der Waals surface area contributed by atoms with E-state index >= 15 is 0 Å². The lowest BCUT2D eigenvalue weighted by atomic mass is 10.3. The topological polar surface area (TPSA) is 64.6 Å². The fourth-order valence-corrected chi connectivity index (χ4v) is 3.80. The Kier molecular flexibility index (Phi) is 10.6. The number of quaternary nitrogens is 1. The molecule has 1 N–H and O–H groups in total. The van der Waals surface area contributed by atoms with Crippen molar-refractivity contribution in [3.05, 3.63) is 12.7 Å². The molecule has 0 atom stereocenters. The first kappa shape index (κ1) is 21.3. The minimum atomic E-state index is -2.93. The molecule has 0 unspecified atom stereocenters. The van der Waals surface area contributed by atoms with Gasteiger partial charge in [-0.25, -0.2) is 0 Å². The van der Waals surface area contributed by atoms with Gasteiger partial charge in [0.05, 0.1) is 46.6 Å². The van der Waals surface area contributed by atoms with E-state index in [1.54, 1.807) is 0 Å². The molecule has 0 spiro atoms. The molecule has 0 saturated carbocycles. The molecule has 0 aromatic carbocycles. The third-order valence-electron chi connectivity index (χ3n) is 3.27. The van der Waals surface area contributed by atoms with Crippen LogP contribution in [0, 0.1) is 0 Å². The molecule has 0 aromatic heterocycles. The molecule has 0 radical (unpaired) electrons. The van der Waals surface area contributed by atoms with Gasteiger partial charge in [0.1, 0.15) is 0 Å². The molecule has 0 aliphatic heterocycles. The van der Waals surface area contributed by atoms with Crippen LogP contribution in [-0.4, -0.2) is 63.5 Å². The summed E-state index contributed by atoms with van der Waals surface area (Å²) in [6.45, 7) is 10.3. The van der Waals surface area contributed by atoms with Crippen LogP contribution in [0.15, 0.2) is 12.7 Å². The highest BCUT2D eigenvalue weighted by atomic mass is 31.2. The molecule has 0 aromatic rings. The summed E-state index contributed by atoms with van der Waals surface area (Å²) in [4.78, 5) is 11.0. The summed E-state index contributed by atoms with van der Waals surface area (Å²) in [5.41, 5.74) is 0. The van der Waals surface area contributed by atoms with Gasteiger partial charge in [0, 0.05) is 19.4 Å². The molecular weight excluding hydrogens is 303 g/mol. The number of amides is 1. The minimum Gasteiger partial charge on any atom is -0.352 e. The molecule has 0 aliphatic carbocycles. The van der Waals surface area contributed by atoms with Crippen molar-refractivity contribution in [2.45, 2.75) is 26.7 Å². The Morgan fingerprint density at radius 3 is 2.23 bits per heavy atom. The van der Waals surface area contributed by atoms with Crippen molar-refractivity contribution in [3.8, 4) is 0 Å². The quantitative estimate of drug-likeness (QED) is 0.243. The fourth-order valence-electron chi connectivity index (χ4n) is 2.15. The lowest BCUT2D eigenvalue weighted by molar-refractivity contribution is -0.890. The van der Waals surface area contributed by atoms with Crippen LogP contribution in [0.5, 0.6) is 0 Å². The molecular formula is C15H32N2O4P+. The molecule has 0 rings (SSSR count). The van der Waals surface area contributed by atoms with Crippen molar-refractivity contribution in [2.24, 2.45) is 0 Å². The number of carbonyl (C=O) groups is 1. The van der Waals surface area contributed by atoms with E-state index < -0.39 is 7.60 Å². The maximum absolute atomic E-state index is 12.4. The van der Waals surface area contributed by atoms with Crippen molar-refractivity contribution in [2.75, 3.05) is 53.1 Å². The average molecular weight is 335 g/mol. The molecule has 1 amide bonds. The van der Waals surface area contributed by atoms with Gasteiger partial charge in [0.15, 0.2) is 0 Å². The van der Waals surface area contributed by atoms with Crippen LogP contribution in [-0.2, 0) is 18.4 Å². The van der Waals surface area contributed by atoms with Crippen LogP contribution in [0.3, 0.4) is 0 Å². The summed E-state index contributed by atoms with van der Waals surface area (Å²) in [5, 5.41) is 2.77. The normalized spacial score (nSPS) is 12.2. The van der Waals surface area contributed by atoms with E-state index in [1.807, 2.05) is 13.8 Å². The van der Waals surface area contributed by atoms with Gasteiger partial charge >= 0.3 is 7.60 Å². The van der Waals surface area contributed by atoms with Crippen molar-refractivity contribution in [3.63, 3.8) is 0 Å². The number of nitrogens with zero attached hydrogens (tertiary/aromatic N) is 1. The average Bonchev–Trinajstić information content (AvgIpc) is 2.43. The molecule has 0 bridgehead atoms. The van der Waals surface area contributed by atoms with Crippen LogP contribution < -0.4 is 5.32 Å². The third kappa shape index (κ3) is 10.1. The summed E-state index contributed by atoms with van der Waals surface area (Å²) >= 11 is 0. The maximum Gasteiger partial charge on any atom is 0.330 e. The molecule has 130 valence electrons. The Hall–Kier alpha value is -0.680. The van der Waals surface area contributed by atoms with Gasteiger partial charge in [-0.1, -0.05) is 6.58 Å². The first-order valence-electron chi connectivity index (χ1n) is 7.89. The number of carbonyl (C=O) groups excluding carboxylic acids is 1. The molecule has 0 aliphatic rings. The van der Waals surface area contributed by atoms with Gasteiger partial charge in [-0.3, -0.25) is 9.36 Å². The molecule has 7 heteroatoms. The van der Waals surface area contributed by atoms with Gasteiger partial charge < -0.3 is 18.8 Å². The highest BCUT2D eigenvalue weighted by Crippen LogP contribution is 2.48. The molecule has 6 nitrogen and oxygen atoms in total. The van der Waals surface area contributed by atoms with Crippen molar-refractivity contribution < 1.29 is 22.9 Å². The zero-order valence-corrected chi connectivity index (χ0v) is 15.4. The second-order valence-corrected chi connectivity index (χ2v) is 7.94. The van der Waals surface area contributed by atoms with E-state index in [2.05, 4.69) is 26.0 Å². The SMILES string of the molecule is C=CC(=O)NCCC[N+](C)(C)CCCP(=O)(OCC)OCC. The van der Waals surface area contributed by atoms with Gasteiger partial charge in [0.2, 0.25) is 5.91 Å². The Balaban J connectivity index is 4.07. The second-order valence-electron chi connectivity index (χ2n) is 5.76. The van der Waals surface area contributed by atoms with E-state index in [4.69, 9.17) is 9.05 Å². The standard InChI is InChI=1S/C15H31N2O4P/c1-6-15(18)16-11-9-12-17(4,5)13-10-14-22(19,20-7-2)21-8-3/h6H,1,7-14H2,2-5H3/p+1. The Morgan fingerprint density at radius 2 is 1.73 bits per heavy atom. The van der Waals surface area contributed by atoms with E-state index in [1.165, 1.54) is 6.08 Å². The molecule has 0 saturated heterocycles. The van der Waals surface area contributed by atoms with Gasteiger partial charge in [0.25, 0.3) is 0 Å². The summed E-state index contributed by atoms with van der Waals surface area (Å²) < 4.78 is 23.7. The number of nitrogens with one attached hydrogen (secondary N) is 1. The van der Waals surface area contributed by atoms with Crippen LogP contribution in [0.4, 0.5) is 0 Å². The largest absolute Gasteiger partial charge is 0.352 e. The number of hydrogen-bond acceptors (Lipinski definition) is 4. The lowest BCUT2D eigenvalue weighted by Gasteiger charge is -2.30. The van der Waals surface area contributed by atoms with Crippen LogP contribution in [0.25, 0.3) is 0 Å². The zero-order chi connectivity index (χ0) is 17.1. The minimum absolute atomic E-state index is 0.139. The summed E-state index contributed by atoms with van der Waals surface area (Å²) in [5.74, 6) is -0.139. The zero-order valence-electron chi connectivity index (χ0n) is 14.5.